The van der Waals surface area contributed by atoms with E-state index < -0.39 is 17.7 Å². The molecule has 1 aromatic heterocycles. The number of likely N-dealkylation sites (tertiary alicyclic amines) is 1. The van der Waals surface area contributed by atoms with E-state index in [1.165, 1.54) is 16.2 Å². The Bertz CT molecular complexity index is 1230. The van der Waals surface area contributed by atoms with Gasteiger partial charge in [0.1, 0.15) is 11.5 Å². The lowest BCUT2D eigenvalue weighted by Crippen LogP contribution is -2.28. The maximum Gasteiger partial charge on any atom is 0.295 e. The molecule has 5 rings (SSSR count). The molecule has 1 saturated heterocycles. The highest BCUT2D eigenvalue weighted by Crippen LogP contribution is 2.42. The molecule has 1 unspecified atom stereocenters. The third-order valence-electron chi connectivity index (χ3n) is 5.50. The molecular formula is C24H19NO6S. The largest absolute Gasteiger partial charge is 0.507 e. The smallest absolute Gasteiger partial charge is 0.295 e. The molecule has 1 fully saturated rings. The number of Topliss-reactive ketones (excluding diaryl/α,β-unsaturated/α-hetero) is 1. The van der Waals surface area contributed by atoms with E-state index in [1.54, 1.807) is 43.5 Å². The van der Waals surface area contributed by atoms with E-state index in [-0.39, 0.29) is 24.7 Å². The minimum Gasteiger partial charge on any atom is -0.507 e. The molecule has 2 aromatic carbocycles. The van der Waals surface area contributed by atoms with Gasteiger partial charge < -0.3 is 24.2 Å². The van der Waals surface area contributed by atoms with Crippen molar-refractivity contribution in [2.45, 2.75) is 12.6 Å². The molecule has 3 aromatic rings. The number of rotatable bonds is 5. The second-order valence-corrected chi connectivity index (χ2v) is 8.38. The first-order chi connectivity index (χ1) is 15.6. The van der Waals surface area contributed by atoms with E-state index >= 15 is 0 Å². The Morgan fingerprint density at radius 1 is 1.12 bits per heavy atom. The van der Waals surface area contributed by atoms with Gasteiger partial charge in [0.15, 0.2) is 11.5 Å². The Morgan fingerprint density at radius 2 is 1.97 bits per heavy atom. The molecule has 0 bridgehead atoms. The second-order valence-electron chi connectivity index (χ2n) is 7.35. The van der Waals surface area contributed by atoms with Gasteiger partial charge in [0, 0.05) is 10.4 Å². The normalized spacial score (nSPS) is 18.9. The summed E-state index contributed by atoms with van der Waals surface area (Å²) in [4.78, 5) is 28.6. The van der Waals surface area contributed by atoms with Crippen molar-refractivity contribution >= 4 is 28.8 Å². The number of benzene rings is 2. The number of ether oxygens (including phenoxy) is 3. The van der Waals surface area contributed by atoms with Gasteiger partial charge in [-0.15, -0.1) is 11.3 Å². The van der Waals surface area contributed by atoms with Crippen LogP contribution in [0.3, 0.4) is 0 Å². The van der Waals surface area contributed by atoms with E-state index in [0.717, 1.165) is 4.88 Å². The van der Waals surface area contributed by atoms with E-state index in [4.69, 9.17) is 14.2 Å². The molecular weight excluding hydrogens is 430 g/mol. The molecule has 1 N–H and O–H groups in total. The summed E-state index contributed by atoms with van der Waals surface area (Å²) < 4.78 is 16.1. The first kappa shape index (κ1) is 20.1. The molecule has 7 nitrogen and oxygen atoms in total. The molecule has 2 aliphatic rings. The number of hydrogen-bond donors (Lipinski definition) is 1. The number of fused-ring (bicyclic) bond motifs is 1. The van der Waals surface area contributed by atoms with Gasteiger partial charge in [-0.2, -0.15) is 0 Å². The summed E-state index contributed by atoms with van der Waals surface area (Å²) in [6, 6.07) is 15.1. The first-order valence-corrected chi connectivity index (χ1v) is 10.8. The van der Waals surface area contributed by atoms with E-state index in [1.807, 2.05) is 23.6 Å². The van der Waals surface area contributed by atoms with Crippen LogP contribution in [0, 0.1) is 0 Å². The van der Waals surface area contributed by atoms with E-state index in [9.17, 15) is 14.7 Å². The molecule has 3 heterocycles. The van der Waals surface area contributed by atoms with Crippen LogP contribution in [0.1, 0.15) is 22.0 Å². The highest BCUT2D eigenvalue weighted by molar-refractivity contribution is 7.09. The number of aliphatic hydroxyl groups is 1. The number of ketones is 1. The zero-order chi connectivity index (χ0) is 22.2. The third-order valence-corrected chi connectivity index (χ3v) is 6.36. The Labute approximate surface area is 188 Å². The van der Waals surface area contributed by atoms with Crippen LogP contribution in [-0.4, -0.2) is 35.6 Å². The molecule has 0 radical (unpaired) electrons. The van der Waals surface area contributed by atoms with Gasteiger partial charge >= 0.3 is 0 Å². The van der Waals surface area contributed by atoms with Crippen LogP contribution in [0.2, 0.25) is 0 Å². The molecule has 1 amide bonds. The van der Waals surface area contributed by atoms with Gasteiger partial charge in [-0.05, 0) is 47.3 Å². The summed E-state index contributed by atoms with van der Waals surface area (Å²) in [5, 5.41) is 13.1. The molecule has 162 valence electrons. The Balaban J connectivity index is 1.65. The predicted molar refractivity (Wildman–Crippen MR) is 118 cm³/mol. The van der Waals surface area contributed by atoms with Gasteiger partial charge in [-0.1, -0.05) is 18.2 Å². The fourth-order valence-electron chi connectivity index (χ4n) is 3.97. The summed E-state index contributed by atoms with van der Waals surface area (Å²) in [6.07, 6.45) is 0. The average molecular weight is 449 g/mol. The van der Waals surface area contributed by atoms with Crippen LogP contribution in [0.5, 0.6) is 17.2 Å². The Morgan fingerprint density at radius 3 is 2.75 bits per heavy atom. The Hall–Kier alpha value is -3.78. The second kappa shape index (κ2) is 8.05. The molecule has 2 aliphatic heterocycles. The number of carbonyl (C=O) groups excluding carboxylic acids is 2. The summed E-state index contributed by atoms with van der Waals surface area (Å²) in [7, 11) is 1.55. The van der Waals surface area contributed by atoms with Crippen molar-refractivity contribution in [2.24, 2.45) is 0 Å². The van der Waals surface area contributed by atoms with E-state index in [2.05, 4.69) is 0 Å². The number of thiophene rings is 1. The van der Waals surface area contributed by atoms with Crippen molar-refractivity contribution in [3.8, 4) is 17.2 Å². The molecule has 8 heteroatoms. The number of nitrogens with zero attached hydrogens (tertiary/aromatic N) is 1. The SMILES string of the molecule is COc1cccc(C2/C(=C(/O)c3ccc4c(c3)OCO4)C(=O)C(=O)N2Cc2cccs2)c1. The topological polar surface area (TPSA) is 85.3 Å². The molecule has 1 atom stereocenters. The van der Waals surface area contributed by atoms with Gasteiger partial charge in [0.25, 0.3) is 11.7 Å². The maximum absolute atomic E-state index is 13.1. The van der Waals surface area contributed by atoms with Gasteiger partial charge in [-0.3, -0.25) is 9.59 Å². The average Bonchev–Trinajstić information content (AvgIpc) is 3.55. The highest BCUT2D eigenvalue weighted by atomic mass is 32.1. The quantitative estimate of drug-likeness (QED) is 0.359. The summed E-state index contributed by atoms with van der Waals surface area (Å²) in [5.74, 6) is -0.0302. The monoisotopic (exact) mass is 449 g/mol. The van der Waals surface area contributed by atoms with Gasteiger partial charge in [0.2, 0.25) is 6.79 Å². The van der Waals surface area contributed by atoms with Crippen molar-refractivity contribution in [3.63, 3.8) is 0 Å². The van der Waals surface area contributed by atoms with Crippen LogP contribution >= 0.6 is 11.3 Å². The highest BCUT2D eigenvalue weighted by Gasteiger charge is 2.46. The number of aliphatic hydroxyl groups excluding tert-OH is 1. The van der Waals surface area contributed by atoms with Crippen LogP contribution in [0.15, 0.2) is 65.6 Å². The summed E-state index contributed by atoms with van der Waals surface area (Å²) >= 11 is 1.50. The Kier molecular flexibility index (Phi) is 5.07. The van der Waals surface area contributed by atoms with Crippen molar-refractivity contribution in [2.75, 3.05) is 13.9 Å². The molecule has 0 saturated carbocycles. The molecule has 32 heavy (non-hydrogen) atoms. The zero-order valence-electron chi connectivity index (χ0n) is 17.1. The lowest BCUT2D eigenvalue weighted by Gasteiger charge is -2.25. The van der Waals surface area contributed by atoms with Crippen molar-refractivity contribution < 1.29 is 28.9 Å². The fourth-order valence-corrected chi connectivity index (χ4v) is 4.67. The molecule has 0 spiro atoms. The lowest BCUT2D eigenvalue weighted by molar-refractivity contribution is -0.140. The summed E-state index contributed by atoms with van der Waals surface area (Å²) in [5.41, 5.74) is 1.07. The minimum atomic E-state index is -0.766. The number of methoxy groups -OCH3 is 1. The number of amides is 1. The van der Waals surface area contributed by atoms with Gasteiger partial charge in [0.05, 0.1) is 25.3 Å². The van der Waals surface area contributed by atoms with Gasteiger partial charge in [-0.25, -0.2) is 0 Å². The number of hydrogen-bond acceptors (Lipinski definition) is 7. The lowest BCUT2D eigenvalue weighted by atomic mass is 9.95. The third kappa shape index (κ3) is 3.38. The van der Waals surface area contributed by atoms with Crippen molar-refractivity contribution in [1.29, 1.82) is 0 Å². The van der Waals surface area contributed by atoms with E-state index in [0.29, 0.717) is 28.4 Å². The van der Waals surface area contributed by atoms with Crippen LogP contribution in [0.4, 0.5) is 0 Å². The van der Waals surface area contributed by atoms with Crippen molar-refractivity contribution in [1.82, 2.24) is 4.90 Å². The summed E-state index contributed by atoms with van der Waals surface area (Å²) in [6.45, 7) is 0.344. The first-order valence-electron chi connectivity index (χ1n) is 9.91. The van der Waals surface area contributed by atoms with Crippen molar-refractivity contribution in [3.05, 3.63) is 81.6 Å². The standard InChI is InChI=1S/C24H19NO6S/c1-29-16-5-2-4-14(10-16)21-20(22(26)15-7-8-18-19(11-15)31-13-30-18)23(27)24(28)25(21)12-17-6-3-9-32-17/h2-11,21,26H,12-13H2,1H3/b22-20-. The molecule has 0 aliphatic carbocycles. The predicted octanol–water partition coefficient (Wildman–Crippen LogP) is 4.11. The minimum absolute atomic E-state index is 0.0266. The fraction of sp³-hybridized carbons (Fsp3) is 0.167. The zero-order valence-corrected chi connectivity index (χ0v) is 17.9. The number of carbonyl (C=O) groups is 2. The van der Waals surface area contributed by atoms with Crippen LogP contribution in [0.25, 0.3) is 5.76 Å². The van der Waals surface area contributed by atoms with Crippen LogP contribution in [-0.2, 0) is 16.1 Å². The maximum atomic E-state index is 13.1. The van der Waals surface area contributed by atoms with Crippen LogP contribution < -0.4 is 14.2 Å².